The monoisotopic (exact) mass is 423 g/mol. The molecule has 0 bridgehead atoms. The molecule has 1 atom stereocenters. The lowest BCUT2D eigenvalue weighted by Crippen LogP contribution is -2.38. The number of nitrogens with one attached hydrogen (secondary N) is 2. The summed E-state index contributed by atoms with van der Waals surface area (Å²) in [7, 11) is 0. The number of likely N-dealkylation sites (tertiary alicyclic amines) is 1. The molecule has 0 aliphatic carbocycles. The molecule has 6 nitrogen and oxygen atoms in total. The molecule has 1 saturated heterocycles. The van der Waals surface area contributed by atoms with Gasteiger partial charge >= 0.3 is 12.0 Å². The second-order valence-electron chi connectivity index (χ2n) is 8.03. The molecule has 1 fully saturated rings. The quantitative estimate of drug-likeness (QED) is 0.465. The molecule has 1 heterocycles. The molecule has 0 saturated carbocycles. The fraction of sp³-hybridized carbons (Fsp3) is 0.440. The minimum atomic E-state index is -0.359. The van der Waals surface area contributed by atoms with Gasteiger partial charge in [-0.1, -0.05) is 30.3 Å². The van der Waals surface area contributed by atoms with Crippen LogP contribution in [0.25, 0.3) is 0 Å². The van der Waals surface area contributed by atoms with E-state index in [9.17, 15) is 9.59 Å². The minimum absolute atomic E-state index is 0.232. The van der Waals surface area contributed by atoms with Crippen molar-refractivity contribution in [3.05, 3.63) is 65.7 Å². The normalized spacial score (nSPS) is 16.5. The van der Waals surface area contributed by atoms with Crippen LogP contribution in [0.15, 0.2) is 54.6 Å². The molecule has 1 unspecified atom stereocenters. The Hall–Kier alpha value is -2.86. The zero-order valence-corrected chi connectivity index (χ0v) is 18.3. The fourth-order valence-corrected chi connectivity index (χ4v) is 4.05. The standard InChI is InChI=1S/C25H33N3O3/c1-2-31-24(29)22-11-13-23(14-12-22)27-25(30)26-15-7-17-28-16-6-10-21(19-28)18-20-8-4-3-5-9-20/h3-5,8-9,11-14,21H,2,6-7,10,15-19H2,1H3,(H2,26,27,30). The zero-order chi connectivity index (χ0) is 21.9. The van der Waals surface area contributed by atoms with Gasteiger partial charge in [0.05, 0.1) is 12.2 Å². The maximum absolute atomic E-state index is 12.1. The van der Waals surface area contributed by atoms with E-state index in [0.29, 0.717) is 30.3 Å². The maximum Gasteiger partial charge on any atom is 0.338 e. The lowest BCUT2D eigenvalue weighted by atomic mass is 9.91. The Kier molecular flexibility index (Phi) is 8.91. The Morgan fingerprint density at radius 3 is 2.61 bits per heavy atom. The number of carbonyl (C=O) groups excluding carboxylic acids is 2. The van der Waals surface area contributed by atoms with E-state index in [1.54, 1.807) is 31.2 Å². The number of ether oxygens (including phenoxy) is 1. The number of benzene rings is 2. The van der Waals surface area contributed by atoms with Crippen molar-refractivity contribution in [1.29, 1.82) is 0 Å². The second kappa shape index (κ2) is 12.1. The predicted molar refractivity (Wildman–Crippen MR) is 123 cm³/mol. The lowest BCUT2D eigenvalue weighted by Gasteiger charge is -2.32. The fourth-order valence-electron chi connectivity index (χ4n) is 4.05. The van der Waals surface area contributed by atoms with Crippen LogP contribution in [0.4, 0.5) is 10.5 Å². The highest BCUT2D eigenvalue weighted by Crippen LogP contribution is 2.20. The van der Waals surface area contributed by atoms with Gasteiger partial charge in [-0.05, 0) is 81.4 Å². The summed E-state index contributed by atoms with van der Waals surface area (Å²) in [6, 6.07) is 17.2. The van der Waals surface area contributed by atoms with Gasteiger partial charge in [-0.2, -0.15) is 0 Å². The van der Waals surface area contributed by atoms with Gasteiger partial charge in [0.25, 0.3) is 0 Å². The molecule has 2 aromatic carbocycles. The topological polar surface area (TPSA) is 70.7 Å². The van der Waals surface area contributed by atoms with E-state index in [1.165, 1.54) is 18.4 Å². The van der Waals surface area contributed by atoms with E-state index < -0.39 is 0 Å². The Bertz CT molecular complexity index is 824. The first-order chi connectivity index (χ1) is 15.1. The number of urea groups is 1. The smallest absolute Gasteiger partial charge is 0.338 e. The van der Waals surface area contributed by atoms with E-state index in [0.717, 1.165) is 32.5 Å². The first-order valence-corrected chi connectivity index (χ1v) is 11.2. The molecule has 2 amide bonds. The van der Waals surface area contributed by atoms with Crippen molar-refractivity contribution >= 4 is 17.7 Å². The van der Waals surface area contributed by atoms with Crippen LogP contribution in [0, 0.1) is 5.92 Å². The number of rotatable bonds is 9. The molecule has 3 rings (SSSR count). The summed E-state index contributed by atoms with van der Waals surface area (Å²) in [6.07, 6.45) is 4.61. The number of nitrogens with zero attached hydrogens (tertiary/aromatic N) is 1. The summed E-state index contributed by atoms with van der Waals surface area (Å²) in [5.41, 5.74) is 2.54. The van der Waals surface area contributed by atoms with Crippen LogP contribution in [-0.2, 0) is 11.2 Å². The molecule has 0 radical (unpaired) electrons. The van der Waals surface area contributed by atoms with Crippen LogP contribution in [0.5, 0.6) is 0 Å². The third kappa shape index (κ3) is 7.72. The number of hydrogen-bond donors (Lipinski definition) is 2. The van der Waals surface area contributed by atoms with Crippen molar-refractivity contribution in [1.82, 2.24) is 10.2 Å². The molecule has 0 aromatic heterocycles. The van der Waals surface area contributed by atoms with Crippen LogP contribution in [0.3, 0.4) is 0 Å². The Labute approximate surface area is 185 Å². The highest BCUT2D eigenvalue weighted by Gasteiger charge is 2.19. The molecular weight excluding hydrogens is 390 g/mol. The summed E-state index contributed by atoms with van der Waals surface area (Å²) >= 11 is 0. The van der Waals surface area contributed by atoms with Crippen LogP contribution >= 0.6 is 0 Å². The van der Waals surface area contributed by atoms with Crippen LogP contribution in [0.2, 0.25) is 0 Å². The van der Waals surface area contributed by atoms with E-state index in [2.05, 4.69) is 45.9 Å². The molecule has 1 aliphatic rings. The molecular formula is C25H33N3O3. The van der Waals surface area contributed by atoms with Gasteiger partial charge in [0.15, 0.2) is 0 Å². The van der Waals surface area contributed by atoms with E-state index >= 15 is 0 Å². The summed E-state index contributed by atoms with van der Waals surface area (Å²) in [5.74, 6) is 0.354. The number of carbonyl (C=O) groups is 2. The average molecular weight is 424 g/mol. The zero-order valence-electron chi connectivity index (χ0n) is 18.3. The Morgan fingerprint density at radius 2 is 1.87 bits per heavy atom. The van der Waals surface area contributed by atoms with E-state index in [4.69, 9.17) is 4.74 Å². The van der Waals surface area contributed by atoms with Gasteiger partial charge < -0.3 is 20.3 Å². The maximum atomic E-state index is 12.1. The summed E-state index contributed by atoms with van der Waals surface area (Å²) in [5, 5.41) is 5.71. The third-order valence-corrected chi connectivity index (χ3v) is 5.56. The number of hydrogen-bond acceptors (Lipinski definition) is 4. The molecule has 31 heavy (non-hydrogen) atoms. The summed E-state index contributed by atoms with van der Waals surface area (Å²) < 4.78 is 4.96. The summed E-state index contributed by atoms with van der Waals surface area (Å²) in [4.78, 5) is 26.3. The number of esters is 1. The van der Waals surface area contributed by atoms with Gasteiger partial charge in [0, 0.05) is 18.8 Å². The highest BCUT2D eigenvalue weighted by molar-refractivity contribution is 5.92. The molecule has 1 aliphatic heterocycles. The highest BCUT2D eigenvalue weighted by atomic mass is 16.5. The average Bonchev–Trinajstić information content (AvgIpc) is 2.78. The van der Waals surface area contributed by atoms with E-state index in [-0.39, 0.29) is 12.0 Å². The number of amides is 2. The van der Waals surface area contributed by atoms with Gasteiger partial charge in [-0.15, -0.1) is 0 Å². The summed E-state index contributed by atoms with van der Waals surface area (Å²) in [6.45, 7) is 6.02. The van der Waals surface area contributed by atoms with Crippen molar-refractivity contribution in [2.45, 2.75) is 32.6 Å². The van der Waals surface area contributed by atoms with Gasteiger partial charge in [-0.25, -0.2) is 9.59 Å². The van der Waals surface area contributed by atoms with Crippen LogP contribution in [0.1, 0.15) is 42.1 Å². The van der Waals surface area contributed by atoms with E-state index in [1.807, 2.05) is 0 Å². The first-order valence-electron chi connectivity index (χ1n) is 11.2. The Balaban J connectivity index is 1.33. The van der Waals surface area contributed by atoms with Crippen molar-refractivity contribution in [2.24, 2.45) is 5.92 Å². The number of piperidine rings is 1. The molecule has 2 aromatic rings. The molecule has 6 heteroatoms. The SMILES string of the molecule is CCOC(=O)c1ccc(NC(=O)NCCCN2CCCC(Cc3ccccc3)C2)cc1. The first kappa shape index (κ1) is 22.8. The van der Waals surface area contributed by atoms with Gasteiger partial charge in [-0.3, -0.25) is 0 Å². The third-order valence-electron chi connectivity index (χ3n) is 5.56. The van der Waals surface area contributed by atoms with Crippen LogP contribution < -0.4 is 10.6 Å². The lowest BCUT2D eigenvalue weighted by molar-refractivity contribution is 0.0526. The van der Waals surface area contributed by atoms with Gasteiger partial charge in [0.2, 0.25) is 0 Å². The van der Waals surface area contributed by atoms with Crippen molar-refractivity contribution in [3.63, 3.8) is 0 Å². The number of anilines is 1. The van der Waals surface area contributed by atoms with Crippen molar-refractivity contribution in [2.75, 3.05) is 38.1 Å². The Morgan fingerprint density at radius 1 is 1.10 bits per heavy atom. The van der Waals surface area contributed by atoms with Crippen molar-refractivity contribution in [3.8, 4) is 0 Å². The predicted octanol–water partition coefficient (Wildman–Crippen LogP) is 4.33. The van der Waals surface area contributed by atoms with Gasteiger partial charge in [0.1, 0.15) is 0 Å². The molecule has 0 spiro atoms. The van der Waals surface area contributed by atoms with Crippen molar-refractivity contribution < 1.29 is 14.3 Å². The molecule has 166 valence electrons. The second-order valence-corrected chi connectivity index (χ2v) is 8.03. The minimum Gasteiger partial charge on any atom is -0.462 e. The molecule has 2 N–H and O–H groups in total. The largest absolute Gasteiger partial charge is 0.462 e. The van der Waals surface area contributed by atoms with Crippen LogP contribution in [-0.4, -0.2) is 49.7 Å².